The maximum Gasteiger partial charge on any atom is 0.270 e. The summed E-state index contributed by atoms with van der Waals surface area (Å²) in [4.78, 5) is 26.1. The summed E-state index contributed by atoms with van der Waals surface area (Å²) >= 11 is 4.99. The third-order valence-electron chi connectivity index (χ3n) is 3.76. The molecular weight excluding hydrogens is 400 g/mol. The third kappa shape index (κ3) is 4.74. The molecule has 0 atom stereocenters. The number of hydrogen-bond acceptors (Lipinski definition) is 4. The molecule has 6 heteroatoms. The molecule has 3 rings (SSSR count). The number of ketones is 1. The average molecular weight is 417 g/mol. The summed E-state index contributed by atoms with van der Waals surface area (Å²) < 4.78 is 2.26. The van der Waals surface area contributed by atoms with Crippen LogP contribution in [-0.2, 0) is 24.2 Å². The van der Waals surface area contributed by atoms with Gasteiger partial charge in [0.25, 0.3) is 5.56 Å². The Bertz CT molecular complexity index is 931. The summed E-state index contributed by atoms with van der Waals surface area (Å²) in [7, 11) is 0. The molecule has 0 fully saturated rings. The van der Waals surface area contributed by atoms with Gasteiger partial charge in [-0.05, 0) is 42.1 Å². The van der Waals surface area contributed by atoms with Gasteiger partial charge < -0.3 is 0 Å². The van der Waals surface area contributed by atoms with Crippen LogP contribution in [0.5, 0.6) is 0 Å². The predicted molar refractivity (Wildman–Crippen MR) is 103 cm³/mol. The Kier molecular flexibility index (Phi) is 5.60. The Morgan fingerprint density at radius 3 is 2.68 bits per heavy atom. The zero-order chi connectivity index (χ0) is 17.8. The van der Waals surface area contributed by atoms with E-state index in [1.54, 1.807) is 17.4 Å². The van der Waals surface area contributed by atoms with E-state index in [9.17, 15) is 9.59 Å². The van der Waals surface area contributed by atoms with E-state index in [2.05, 4.69) is 21.0 Å². The average Bonchev–Trinajstić information content (AvgIpc) is 3.07. The topological polar surface area (TPSA) is 52.0 Å². The van der Waals surface area contributed by atoms with Crippen molar-refractivity contribution in [3.05, 3.63) is 84.4 Å². The van der Waals surface area contributed by atoms with E-state index in [-0.39, 0.29) is 24.3 Å². The van der Waals surface area contributed by atoms with Gasteiger partial charge in [-0.15, -0.1) is 11.3 Å². The highest BCUT2D eigenvalue weighted by Gasteiger charge is 2.12. The van der Waals surface area contributed by atoms with Crippen LogP contribution in [0.25, 0.3) is 0 Å². The predicted octanol–water partition coefficient (Wildman–Crippen LogP) is 3.78. The summed E-state index contributed by atoms with van der Waals surface area (Å²) in [5.41, 5.74) is 2.14. The van der Waals surface area contributed by atoms with Crippen LogP contribution in [0.4, 0.5) is 0 Å². The molecule has 25 heavy (non-hydrogen) atoms. The van der Waals surface area contributed by atoms with E-state index in [4.69, 9.17) is 0 Å². The van der Waals surface area contributed by atoms with Crippen molar-refractivity contribution in [1.82, 2.24) is 9.78 Å². The standard InChI is InChI=1S/C19H17BrN2O2S/c1-13-9-15(11-18-3-2-8-25-18)19(24)22(21-13)12-17(23)10-14-4-6-16(20)7-5-14/h2-9H,10-12H2,1H3. The molecule has 0 aliphatic heterocycles. The first kappa shape index (κ1) is 17.8. The number of aromatic nitrogens is 2. The first-order valence-corrected chi connectivity index (χ1v) is 9.54. The van der Waals surface area contributed by atoms with Crippen LogP contribution < -0.4 is 5.56 Å². The van der Waals surface area contributed by atoms with E-state index < -0.39 is 0 Å². The molecule has 2 aromatic heterocycles. The second-order valence-electron chi connectivity index (χ2n) is 5.87. The van der Waals surface area contributed by atoms with Crippen molar-refractivity contribution >= 4 is 33.0 Å². The van der Waals surface area contributed by atoms with Gasteiger partial charge in [0.1, 0.15) is 6.54 Å². The summed E-state index contributed by atoms with van der Waals surface area (Å²) in [6, 6.07) is 13.4. The highest BCUT2D eigenvalue weighted by Crippen LogP contribution is 2.13. The van der Waals surface area contributed by atoms with E-state index in [1.165, 1.54) is 4.68 Å². The zero-order valence-corrected chi connectivity index (χ0v) is 16.1. The monoisotopic (exact) mass is 416 g/mol. The minimum Gasteiger partial charge on any atom is -0.297 e. The Morgan fingerprint density at radius 2 is 2.00 bits per heavy atom. The Hall–Kier alpha value is -2.05. The van der Waals surface area contributed by atoms with Crippen molar-refractivity contribution in [3.8, 4) is 0 Å². The first-order valence-electron chi connectivity index (χ1n) is 7.87. The zero-order valence-electron chi connectivity index (χ0n) is 13.7. The molecule has 0 bridgehead atoms. The number of rotatable bonds is 6. The van der Waals surface area contributed by atoms with Crippen molar-refractivity contribution in [3.63, 3.8) is 0 Å². The van der Waals surface area contributed by atoms with Crippen molar-refractivity contribution in [2.24, 2.45) is 0 Å². The summed E-state index contributed by atoms with van der Waals surface area (Å²) in [6.07, 6.45) is 0.858. The number of hydrogen-bond donors (Lipinski definition) is 0. The van der Waals surface area contributed by atoms with Crippen LogP contribution in [0.2, 0.25) is 0 Å². The second-order valence-corrected chi connectivity index (χ2v) is 7.82. The van der Waals surface area contributed by atoms with Crippen molar-refractivity contribution in [1.29, 1.82) is 0 Å². The van der Waals surface area contributed by atoms with Gasteiger partial charge in [-0.25, -0.2) is 4.68 Å². The summed E-state index contributed by atoms with van der Waals surface area (Å²) in [5.74, 6) is -0.0374. The van der Waals surface area contributed by atoms with Crippen LogP contribution in [0.3, 0.4) is 0 Å². The molecule has 2 heterocycles. The van der Waals surface area contributed by atoms with Crippen molar-refractivity contribution in [2.75, 3.05) is 0 Å². The van der Waals surface area contributed by atoms with Crippen LogP contribution in [-0.4, -0.2) is 15.6 Å². The molecule has 0 aliphatic carbocycles. The lowest BCUT2D eigenvalue weighted by molar-refractivity contribution is -0.119. The van der Waals surface area contributed by atoms with E-state index >= 15 is 0 Å². The van der Waals surface area contributed by atoms with Gasteiger partial charge >= 0.3 is 0 Å². The number of nitrogens with zero attached hydrogens (tertiary/aromatic N) is 2. The van der Waals surface area contributed by atoms with Crippen LogP contribution >= 0.6 is 27.3 Å². The molecule has 0 spiro atoms. The Morgan fingerprint density at radius 1 is 1.24 bits per heavy atom. The van der Waals surface area contributed by atoms with E-state index in [0.29, 0.717) is 12.0 Å². The summed E-state index contributed by atoms with van der Waals surface area (Å²) in [5, 5.41) is 6.23. The van der Waals surface area contributed by atoms with Crippen LogP contribution in [0.1, 0.15) is 21.7 Å². The number of halogens is 1. The molecule has 0 radical (unpaired) electrons. The molecule has 0 N–H and O–H groups in total. The quantitative estimate of drug-likeness (QED) is 0.614. The molecule has 0 saturated carbocycles. The van der Waals surface area contributed by atoms with Crippen LogP contribution in [0.15, 0.2) is 57.1 Å². The fourth-order valence-corrected chi connectivity index (χ4v) is 3.62. The lowest BCUT2D eigenvalue weighted by Gasteiger charge is -2.08. The van der Waals surface area contributed by atoms with Gasteiger partial charge in [-0.1, -0.05) is 34.1 Å². The van der Waals surface area contributed by atoms with Gasteiger partial charge in [-0.2, -0.15) is 5.10 Å². The van der Waals surface area contributed by atoms with Gasteiger partial charge in [0, 0.05) is 27.8 Å². The SMILES string of the molecule is Cc1cc(Cc2cccs2)c(=O)n(CC(=O)Cc2ccc(Br)cc2)n1. The van der Waals surface area contributed by atoms with Gasteiger partial charge in [-0.3, -0.25) is 9.59 Å². The molecule has 0 aliphatic rings. The van der Waals surface area contributed by atoms with Crippen molar-refractivity contribution < 1.29 is 4.79 Å². The first-order chi connectivity index (χ1) is 12.0. The molecule has 4 nitrogen and oxygen atoms in total. The normalized spacial score (nSPS) is 10.8. The van der Waals surface area contributed by atoms with E-state index in [1.807, 2.05) is 48.7 Å². The second kappa shape index (κ2) is 7.89. The van der Waals surface area contributed by atoms with Crippen molar-refractivity contribution in [2.45, 2.75) is 26.3 Å². The summed E-state index contributed by atoms with van der Waals surface area (Å²) in [6.45, 7) is 1.83. The molecule has 128 valence electrons. The minimum absolute atomic E-state index is 0.00593. The molecule has 0 amide bonds. The van der Waals surface area contributed by atoms with Gasteiger partial charge in [0.05, 0.1) is 5.69 Å². The molecule has 1 aromatic carbocycles. The minimum atomic E-state index is -0.192. The number of aryl methyl sites for hydroxylation is 1. The largest absolute Gasteiger partial charge is 0.297 e. The number of carbonyl (C=O) groups excluding carboxylic acids is 1. The molecular formula is C19H17BrN2O2S. The fourth-order valence-electron chi connectivity index (χ4n) is 2.63. The highest BCUT2D eigenvalue weighted by atomic mass is 79.9. The van der Waals surface area contributed by atoms with E-state index in [0.717, 1.165) is 20.6 Å². The third-order valence-corrected chi connectivity index (χ3v) is 5.16. The number of benzene rings is 1. The molecule has 3 aromatic rings. The van der Waals surface area contributed by atoms with Gasteiger partial charge in [0.15, 0.2) is 5.78 Å². The molecule has 0 saturated heterocycles. The maximum atomic E-state index is 12.6. The fraction of sp³-hybridized carbons (Fsp3) is 0.211. The maximum absolute atomic E-state index is 12.6. The highest BCUT2D eigenvalue weighted by molar-refractivity contribution is 9.10. The molecule has 0 unspecified atom stereocenters. The Labute approximate surface area is 158 Å². The number of thiophene rings is 1. The van der Waals surface area contributed by atoms with Crippen LogP contribution in [0, 0.1) is 6.92 Å². The smallest absolute Gasteiger partial charge is 0.270 e. The lowest BCUT2D eigenvalue weighted by Crippen LogP contribution is -2.30. The number of Topliss-reactive ketones (excluding diaryl/α,β-unsaturated/α-hetero) is 1. The lowest BCUT2D eigenvalue weighted by atomic mass is 10.1. The van der Waals surface area contributed by atoms with Gasteiger partial charge in [0.2, 0.25) is 0 Å². The number of carbonyl (C=O) groups is 1. The Balaban J connectivity index is 1.77.